The van der Waals surface area contributed by atoms with Crippen molar-refractivity contribution in [3.05, 3.63) is 58.1 Å². The molecule has 1 unspecified atom stereocenters. The lowest BCUT2D eigenvalue weighted by molar-refractivity contribution is -0.121. The third-order valence-corrected chi connectivity index (χ3v) is 4.94. The van der Waals surface area contributed by atoms with Crippen molar-refractivity contribution in [2.45, 2.75) is 25.8 Å². The first kappa shape index (κ1) is 20.8. The number of hydrogen-bond acceptors (Lipinski definition) is 4. The van der Waals surface area contributed by atoms with Crippen LogP contribution in [0.25, 0.3) is 0 Å². The molecule has 0 saturated heterocycles. The van der Waals surface area contributed by atoms with Crippen molar-refractivity contribution in [3.63, 3.8) is 0 Å². The summed E-state index contributed by atoms with van der Waals surface area (Å²) in [6.07, 6.45) is 0.677. The summed E-state index contributed by atoms with van der Waals surface area (Å²) in [6, 6.07) is 10.1. The number of nitrogens with one attached hydrogen (secondary N) is 2. The summed E-state index contributed by atoms with van der Waals surface area (Å²) in [5.74, 6) is 0.996. The van der Waals surface area contributed by atoms with Crippen LogP contribution in [0.4, 0.5) is 4.79 Å². The Hall–Kier alpha value is -2.93. The Morgan fingerprint density at radius 2 is 1.97 bits per heavy atom. The number of urea groups is 1. The van der Waals surface area contributed by atoms with Crippen molar-refractivity contribution < 1.29 is 19.1 Å². The van der Waals surface area contributed by atoms with Crippen molar-refractivity contribution in [1.29, 1.82) is 0 Å². The van der Waals surface area contributed by atoms with Crippen LogP contribution in [0.2, 0.25) is 5.02 Å². The molecule has 1 heterocycles. The van der Waals surface area contributed by atoms with E-state index in [1.54, 1.807) is 0 Å². The lowest BCUT2D eigenvalue weighted by atomic mass is 9.98. The van der Waals surface area contributed by atoms with Crippen molar-refractivity contribution in [2.24, 2.45) is 5.73 Å². The summed E-state index contributed by atoms with van der Waals surface area (Å²) >= 11 is 6.24. The highest BCUT2D eigenvalue weighted by molar-refractivity contribution is 6.32. The fourth-order valence-electron chi connectivity index (χ4n) is 3.30. The highest BCUT2D eigenvalue weighted by atomic mass is 35.5. The fraction of sp³-hybridized carbons (Fsp3) is 0.333. The molecule has 0 aliphatic carbocycles. The minimum Gasteiger partial charge on any atom is -0.486 e. The Bertz CT molecular complexity index is 903. The molecule has 0 saturated carbocycles. The Labute approximate surface area is 174 Å². The average Bonchev–Trinajstić information content (AvgIpc) is 2.67. The maximum absolute atomic E-state index is 12.4. The lowest BCUT2D eigenvalue weighted by Gasteiger charge is -2.21. The largest absolute Gasteiger partial charge is 0.486 e. The molecule has 4 N–H and O–H groups in total. The predicted molar refractivity (Wildman–Crippen MR) is 110 cm³/mol. The van der Waals surface area contributed by atoms with Crippen LogP contribution in [0.15, 0.2) is 36.4 Å². The molecule has 3 rings (SSSR count). The van der Waals surface area contributed by atoms with Crippen LogP contribution in [-0.2, 0) is 11.2 Å². The van der Waals surface area contributed by atoms with E-state index < -0.39 is 12.1 Å². The van der Waals surface area contributed by atoms with Gasteiger partial charge in [-0.2, -0.15) is 0 Å². The van der Waals surface area contributed by atoms with E-state index >= 15 is 0 Å². The van der Waals surface area contributed by atoms with Crippen molar-refractivity contribution in [2.75, 3.05) is 19.8 Å². The topological polar surface area (TPSA) is 103 Å². The summed E-state index contributed by atoms with van der Waals surface area (Å²) in [5, 5.41) is 6.02. The van der Waals surface area contributed by atoms with Crippen molar-refractivity contribution in [3.8, 4) is 11.5 Å². The summed E-state index contributed by atoms with van der Waals surface area (Å²) in [4.78, 5) is 23.8. The number of amides is 3. The van der Waals surface area contributed by atoms with E-state index in [1.165, 1.54) is 0 Å². The average molecular weight is 418 g/mol. The van der Waals surface area contributed by atoms with Gasteiger partial charge in [-0.05, 0) is 42.2 Å². The zero-order valence-corrected chi connectivity index (χ0v) is 16.9. The number of hydrogen-bond donors (Lipinski definition) is 3. The van der Waals surface area contributed by atoms with Gasteiger partial charge in [-0.25, -0.2) is 4.79 Å². The van der Waals surface area contributed by atoms with E-state index in [4.69, 9.17) is 26.8 Å². The Kier molecular flexibility index (Phi) is 6.82. The van der Waals surface area contributed by atoms with Crippen molar-refractivity contribution in [1.82, 2.24) is 10.6 Å². The van der Waals surface area contributed by atoms with Gasteiger partial charge in [0.2, 0.25) is 5.91 Å². The first-order valence-electron chi connectivity index (χ1n) is 9.40. The number of nitrogens with two attached hydrogens (primary N) is 1. The number of carbonyl (C=O) groups is 2. The minimum atomic E-state index is -0.669. The van der Waals surface area contributed by atoms with E-state index in [0.717, 1.165) is 16.7 Å². The van der Waals surface area contributed by atoms with E-state index in [2.05, 4.69) is 10.6 Å². The second kappa shape index (κ2) is 9.52. The molecule has 1 aliphatic heterocycles. The van der Waals surface area contributed by atoms with Crippen LogP contribution < -0.4 is 25.8 Å². The number of aryl methyl sites for hydroxylation is 1. The first-order valence-corrected chi connectivity index (χ1v) is 9.78. The van der Waals surface area contributed by atoms with Gasteiger partial charge in [0.15, 0.2) is 11.5 Å². The van der Waals surface area contributed by atoms with Gasteiger partial charge >= 0.3 is 6.03 Å². The van der Waals surface area contributed by atoms with Gasteiger partial charge in [-0.15, -0.1) is 0 Å². The van der Waals surface area contributed by atoms with E-state index in [9.17, 15) is 9.59 Å². The van der Waals surface area contributed by atoms with E-state index in [1.807, 2.05) is 43.3 Å². The molecule has 0 aromatic heterocycles. The molecule has 154 valence electrons. The van der Waals surface area contributed by atoms with E-state index in [-0.39, 0.29) is 12.3 Å². The van der Waals surface area contributed by atoms with Gasteiger partial charge in [0.25, 0.3) is 0 Å². The van der Waals surface area contributed by atoms with Crippen LogP contribution in [-0.4, -0.2) is 31.7 Å². The summed E-state index contributed by atoms with van der Waals surface area (Å²) in [5.41, 5.74) is 8.06. The van der Waals surface area contributed by atoms with Crippen molar-refractivity contribution >= 4 is 23.5 Å². The minimum absolute atomic E-state index is 0.0929. The molecule has 1 atom stereocenters. The molecule has 0 bridgehead atoms. The quantitative estimate of drug-likeness (QED) is 0.644. The molecule has 1 aliphatic rings. The first-order chi connectivity index (χ1) is 13.9. The van der Waals surface area contributed by atoms with Crippen LogP contribution in [0.5, 0.6) is 11.5 Å². The van der Waals surface area contributed by atoms with Gasteiger partial charge < -0.3 is 25.8 Å². The molecule has 0 spiro atoms. The highest BCUT2D eigenvalue weighted by Gasteiger charge is 2.19. The number of ether oxygens (including phenoxy) is 2. The van der Waals surface area contributed by atoms with Crippen LogP contribution in [0.1, 0.15) is 29.2 Å². The molecule has 2 aromatic carbocycles. The van der Waals surface area contributed by atoms with Gasteiger partial charge in [0.1, 0.15) is 13.2 Å². The predicted octanol–water partition coefficient (Wildman–Crippen LogP) is 2.88. The zero-order chi connectivity index (χ0) is 20.8. The van der Waals surface area contributed by atoms with Gasteiger partial charge in [0.05, 0.1) is 17.5 Å². The molecule has 7 nitrogen and oxygen atoms in total. The molecule has 2 aromatic rings. The highest BCUT2D eigenvalue weighted by Crippen LogP contribution is 2.38. The smallest absolute Gasteiger partial charge is 0.312 e. The van der Waals surface area contributed by atoms with Crippen LogP contribution in [0.3, 0.4) is 0 Å². The number of fused-ring (bicyclic) bond motifs is 1. The van der Waals surface area contributed by atoms with Gasteiger partial charge in [-0.3, -0.25) is 4.79 Å². The molecular weight excluding hydrogens is 394 g/mol. The lowest BCUT2D eigenvalue weighted by Crippen LogP contribution is -2.37. The SMILES string of the molecule is Cc1ccccc1C(CC(=O)NCCc1cc(Cl)c2c(c1)OCCO2)NC(N)=O. The maximum atomic E-state index is 12.4. The summed E-state index contributed by atoms with van der Waals surface area (Å²) in [6.45, 7) is 3.31. The Morgan fingerprint density at radius 3 is 2.72 bits per heavy atom. The Morgan fingerprint density at radius 1 is 1.21 bits per heavy atom. The Balaban J connectivity index is 1.58. The second-order valence-electron chi connectivity index (χ2n) is 6.82. The number of primary amides is 1. The molecule has 0 radical (unpaired) electrons. The van der Waals surface area contributed by atoms with Gasteiger partial charge in [-0.1, -0.05) is 35.9 Å². The van der Waals surface area contributed by atoms with Crippen LogP contribution >= 0.6 is 11.6 Å². The number of rotatable bonds is 7. The van der Waals surface area contributed by atoms with Gasteiger partial charge in [0, 0.05) is 6.54 Å². The third-order valence-electron chi connectivity index (χ3n) is 4.66. The number of halogens is 1. The zero-order valence-electron chi connectivity index (χ0n) is 16.2. The van der Waals surface area contributed by atoms with E-state index in [0.29, 0.717) is 42.7 Å². The summed E-state index contributed by atoms with van der Waals surface area (Å²) < 4.78 is 11.1. The standard InChI is InChI=1S/C21H24ClN3O4/c1-13-4-2-3-5-15(13)17(25-21(23)27)12-19(26)24-7-6-14-10-16(22)20-18(11-14)28-8-9-29-20/h2-5,10-11,17H,6-9,12H2,1H3,(H,24,26)(H3,23,25,27). The normalized spacial score (nSPS) is 13.4. The molecular formula is C21H24ClN3O4. The molecule has 8 heteroatoms. The number of benzene rings is 2. The third kappa shape index (κ3) is 5.54. The molecule has 0 fully saturated rings. The monoisotopic (exact) mass is 417 g/mol. The molecule has 29 heavy (non-hydrogen) atoms. The summed E-state index contributed by atoms with van der Waals surface area (Å²) in [7, 11) is 0. The fourth-order valence-corrected chi connectivity index (χ4v) is 3.59. The number of carbonyl (C=O) groups excluding carboxylic acids is 2. The molecule has 3 amide bonds. The van der Waals surface area contributed by atoms with Crippen LogP contribution in [0, 0.1) is 6.92 Å². The maximum Gasteiger partial charge on any atom is 0.312 e. The second-order valence-corrected chi connectivity index (χ2v) is 7.23.